The number of imidazole rings is 1. The number of nitrogens with zero attached hydrogens (tertiary/aromatic N) is 3. The van der Waals surface area contributed by atoms with E-state index in [-0.39, 0.29) is 6.03 Å². The van der Waals surface area contributed by atoms with Gasteiger partial charge in [0.1, 0.15) is 0 Å². The highest BCUT2D eigenvalue weighted by molar-refractivity contribution is 5.94. The molecule has 5 heteroatoms. The third kappa shape index (κ3) is 3.33. The van der Waals surface area contributed by atoms with Crippen molar-refractivity contribution in [3.63, 3.8) is 0 Å². The first-order chi connectivity index (χ1) is 12.7. The van der Waals surface area contributed by atoms with Crippen LogP contribution in [0, 0.1) is 6.92 Å². The third-order valence-corrected chi connectivity index (χ3v) is 4.90. The number of aryl methyl sites for hydroxylation is 1. The van der Waals surface area contributed by atoms with E-state index in [1.807, 2.05) is 34.1 Å². The average molecular weight is 346 g/mol. The van der Waals surface area contributed by atoms with Crippen LogP contribution in [-0.2, 0) is 19.5 Å². The molecule has 26 heavy (non-hydrogen) atoms. The van der Waals surface area contributed by atoms with Gasteiger partial charge in [-0.1, -0.05) is 36.4 Å². The normalized spacial score (nSPS) is 12.9. The summed E-state index contributed by atoms with van der Waals surface area (Å²) < 4.78 is 2.03. The number of hydrogen-bond donors (Lipinski definition) is 1. The van der Waals surface area contributed by atoms with E-state index in [2.05, 4.69) is 47.6 Å². The van der Waals surface area contributed by atoms with Gasteiger partial charge in [-0.25, -0.2) is 9.78 Å². The second-order valence-electron chi connectivity index (χ2n) is 6.68. The van der Waals surface area contributed by atoms with E-state index in [4.69, 9.17) is 0 Å². The highest BCUT2D eigenvalue weighted by Gasteiger charge is 2.25. The molecule has 0 bridgehead atoms. The van der Waals surface area contributed by atoms with E-state index in [0.717, 1.165) is 30.8 Å². The third-order valence-electron chi connectivity index (χ3n) is 4.90. The standard InChI is InChI=1S/C21H22N4O/c1-16-3-2-4-20-19(16)9-11-25(20)21(26)23-13-17-5-7-18(8-6-17)14-24-12-10-22-15-24/h2-8,10,12,15H,9,11,13-14H2,1H3,(H,23,26). The van der Waals surface area contributed by atoms with Gasteiger partial charge in [0.2, 0.25) is 0 Å². The van der Waals surface area contributed by atoms with E-state index in [0.29, 0.717) is 6.54 Å². The van der Waals surface area contributed by atoms with Gasteiger partial charge in [0.25, 0.3) is 0 Å². The van der Waals surface area contributed by atoms with Gasteiger partial charge in [-0.05, 0) is 41.7 Å². The molecule has 4 rings (SSSR count). The first-order valence-corrected chi connectivity index (χ1v) is 8.88. The van der Waals surface area contributed by atoms with Crippen molar-refractivity contribution in [3.8, 4) is 0 Å². The maximum atomic E-state index is 12.6. The Morgan fingerprint density at radius 3 is 2.73 bits per heavy atom. The van der Waals surface area contributed by atoms with Crippen LogP contribution in [-0.4, -0.2) is 22.1 Å². The summed E-state index contributed by atoms with van der Waals surface area (Å²) in [6, 6.07) is 14.4. The molecule has 0 saturated heterocycles. The number of benzene rings is 2. The molecule has 2 aromatic carbocycles. The molecule has 1 aliphatic heterocycles. The van der Waals surface area contributed by atoms with Crippen LogP contribution in [0.2, 0.25) is 0 Å². The first-order valence-electron chi connectivity index (χ1n) is 8.88. The highest BCUT2D eigenvalue weighted by Crippen LogP contribution is 2.30. The molecule has 0 atom stereocenters. The van der Waals surface area contributed by atoms with E-state index in [9.17, 15) is 4.79 Å². The smallest absolute Gasteiger partial charge is 0.322 e. The number of amides is 2. The summed E-state index contributed by atoms with van der Waals surface area (Å²) in [5.41, 5.74) is 5.88. The van der Waals surface area contributed by atoms with Crippen molar-refractivity contribution in [2.75, 3.05) is 11.4 Å². The summed E-state index contributed by atoms with van der Waals surface area (Å²) >= 11 is 0. The minimum Gasteiger partial charge on any atom is -0.334 e. The predicted molar refractivity (Wildman–Crippen MR) is 102 cm³/mol. The number of carbonyl (C=O) groups excluding carboxylic acids is 1. The number of fused-ring (bicyclic) bond motifs is 1. The SMILES string of the molecule is Cc1cccc2c1CCN2C(=O)NCc1ccc(Cn2ccnc2)cc1. The molecule has 0 unspecified atom stereocenters. The predicted octanol–water partition coefficient (Wildman–Crippen LogP) is 3.51. The number of anilines is 1. The largest absolute Gasteiger partial charge is 0.334 e. The van der Waals surface area contributed by atoms with Crippen LogP contribution in [0.1, 0.15) is 22.3 Å². The Balaban J connectivity index is 1.36. The average Bonchev–Trinajstić information content (AvgIpc) is 3.31. The van der Waals surface area contributed by atoms with Crippen LogP contribution in [0.4, 0.5) is 10.5 Å². The number of hydrogen-bond acceptors (Lipinski definition) is 2. The summed E-state index contributed by atoms with van der Waals surface area (Å²) in [6.45, 7) is 4.18. The van der Waals surface area contributed by atoms with Gasteiger partial charge in [0.05, 0.1) is 6.33 Å². The van der Waals surface area contributed by atoms with Crippen LogP contribution in [0.3, 0.4) is 0 Å². The van der Waals surface area contributed by atoms with Crippen molar-refractivity contribution in [2.24, 2.45) is 0 Å². The lowest BCUT2D eigenvalue weighted by Gasteiger charge is -2.18. The fraction of sp³-hybridized carbons (Fsp3) is 0.238. The molecule has 5 nitrogen and oxygen atoms in total. The Morgan fingerprint density at radius 1 is 1.15 bits per heavy atom. The summed E-state index contributed by atoms with van der Waals surface area (Å²) in [4.78, 5) is 18.5. The lowest BCUT2D eigenvalue weighted by Crippen LogP contribution is -2.38. The molecule has 0 fully saturated rings. The zero-order valence-corrected chi connectivity index (χ0v) is 14.9. The van der Waals surface area contributed by atoms with Gasteiger partial charge in [-0.3, -0.25) is 4.90 Å². The molecule has 0 saturated carbocycles. The molecule has 2 heterocycles. The fourth-order valence-corrected chi connectivity index (χ4v) is 3.45. The maximum Gasteiger partial charge on any atom is 0.322 e. The van der Waals surface area contributed by atoms with Gasteiger partial charge in [0, 0.05) is 37.7 Å². The number of aromatic nitrogens is 2. The van der Waals surface area contributed by atoms with Gasteiger partial charge in [-0.2, -0.15) is 0 Å². The Kier molecular flexibility index (Phi) is 4.44. The molecule has 0 aliphatic carbocycles. The molecule has 0 spiro atoms. The monoisotopic (exact) mass is 346 g/mol. The number of rotatable bonds is 4. The van der Waals surface area contributed by atoms with Crippen LogP contribution < -0.4 is 10.2 Å². The molecule has 1 N–H and O–H groups in total. The molecular formula is C21H22N4O. The maximum absolute atomic E-state index is 12.6. The Morgan fingerprint density at radius 2 is 1.96 bits per heavy atom. The van der Waals surface area contributed by atoms with Crippen LogP contribution in [0.5, 0.6) is 0 Å². The van der Waals surface area contributed by atoms with Gasteiger partial charge in [-0.15, -0.1) is 0 Å². The summed E-state index contributed by atoms with van der Waals surface area (Å²) in [7, 11) is 0. The number of nitrogens with one attached hydrogen (secondary N) is 1. The molecule has 132 valence electrons. The molecule has 2 amide bonds. The highest BCUT2D eigenvalue weighted by atomic mass is 16.2. The Labute approximate surface area is 153 Å². The topological polar surface area (TPSA) is 50.2 Å². The van der Waals surface area contributed by atoms with Crippen molar-refractivity contribution in [2.45, 2.75) is 26.4 Å². The molecule has 1 aromatic heterocycles. The van der Waals surface area contributed by atoms with E-state index < -0.39 is 0 Å². The zero-order chi connectivity index (χ0) is 17.9. The fourth-order valence-electron chi connectivity index (χ4n) is 3.45. The van der Waals surface area contributed by atoms with Crippen molar-refractivity contribution < 1.29 is 4.79 Å². The van der Waals surface area contributed by atoms with Crippen LogP contribution in [0.25, 0.3) is 0 Å². The first kappa shape index (κ1) is 16.4. The quantitative estimate of drug-likeness (QED) is 0.786. The van der Waals surface area contributed by atoms with Crippen molar-refractivity contribution >= 4 is 11.7 Å². The van der Waals surface area contributed by atoms with Gasteiger partial charge >= 0.3 is 6.03 Å². The van der Waals surface area contributed by atoms with E-state index in [1.165, 1.54) is 16.7 Å². The Hall–Kier alpha value is -3.08. The second-order valence-corrected chi connectivity index (χ2v) is 6.68. The van der Waals surface area contributed by atoms with E-state index in [1.54, 1.807) is 6.20 Å². The second kappa shape index (κ2) is 7.04. The van der Waals surface area contributed by atoms with Crippen molar-refractivity contribution in [1.82, 2.24) is 14.9 Å². The Bertz CT molecular complexity index is 900. The van der Waals surface area contributed by atoms with Crippen LogP contribution in [0.15, 0.2) is 61.2 Å². The molecule has 3 aromatic rings. The summed E-state index contributed by atoms with van der Waals surface area (Å²) in [5.74, 6) is 0. The minimum absolute atomic E-state index is 0.0307. The molecular weight excluding hydrogens is 324 g/mol. The lowest BCUT2D eigenvalue weighted by molar-refractivity contribution is 0.246. The van der Waals surface area contributed by atoms with Crippen LogP contribution >= 0.6 is 0 Å². The minimum atomic E-state index is -0.0307. The molecule has 1 aliphatic rings. The summed E-state index contributed by atoms with van der Waals surface area (Å²) in [6.07, 6.45) is 6.47. The summed E-state index contributed by atoms with van der Waals surface area (Å²) in [5, 5.41) is 3.04. The van der Waals surface area contributed by atoms with Gasteiger partial charge in [0.15, 0.2) is 0 Å². The van der Waals surface area contributed by atoms with Crippen molar-refractivity contribution in [1.29, 1.82) is 0 Å². The number of carbonyl (C=O) groups is 1. The van der Waals surface area contributed by atoms with E-state index >= 15 is 0 Å². The number of urea groups is 1. The zero-order valence-electron chi connectivity index (χ0n) is 14.9. The van der Waals surface area contributed by atoms with Crippen molar-refractivity contribution in [3.05, 3.63) is 83.4 Å². The molecule has 0 radical (unpaired) electrons. The van der Waals surface area contributed by atoms with Gasteiger partial charge < -0.3 is 9.88 Å². The lowest BCUT2D eigenvalue weighted by atomic mass is 10.1.